The number of aliphatic hydroxyl groups excluding tert-OH is 1. The van der Waals surface area contributed by atoms with Gasteiger partial charge in [0, 0.05) is 11.1 Å². The zero-order chi connectivity index (χ0) is 17.0. The molecule has 23 heavy (non-hydrogen) atoms. The van der Waals surface area contributed by atoms with E-state index in [2.05, 4.69) is 0 Å². The number of ether oxygens (including phenoxy) is 2. The average Bonchev–Trinajstić information content (AvgIpc) is 2.48. The van der Waals surface area contributed by atoms with Gasteiger partial charge in [0.15, 0.2) is 5.76 Å². The molecule has 1 aliphatic carbocycles. The minimum atomic E-state index is -1.09. The van der Waals surface area contributed by atoms with Crippen LogP contribution in [0.5, 0.6) is 11.5 Å². The van der Waals surface area contributed by atoms with Crippen LogP contribution in [-0.4, -0.2) is 34.0 Å². The fourth-order valence-corrected chi connectivity index (χ4v) is 2.97. The number of aromatic hydroxyl groups is 2. The minimum Gasteiger partial charge on any atom is -0.507 e. The predicted octanol–water partition coefficient (Wildman–Crippen LogP) is 2.19. The lowest BCUT2D eigenvalue weighted by Crippen LogP contribution is -2.26. The highest BCUT2D eigenvalue weighted by Crippen LogP contribution is 2.49. The quantitative estimate of drug-likeness (QED) is 0.537. The normalized spacial score (nSPS) is 19.8. The summed E-state index contributed by atoms with van der Waals surface area (Å²) in [6, 6.07) is 0. The average molecular weight is 318 g/mol. The fraction of sp³-hybridized carbons (Fsp3) is 0.250. The third-order valence-corrected chi connectivity index (χ3v) is 3.94. The molecular formula is C16H14O7. The van der Waals surface area contributed by atoms with E-state index in [1.807, 2.05) is 0 Å². The van der Waals surface area contributed by atoms with Gasteiger partial charge in [0.05, 0.1) is 24.0 Å². The molecule has 3 rings (SSSR count). The number of benzene rings is 1. The molecule has 0 unspecified atom stereocenters. The molecule has 120 valence electrons. The third-order valence-electron chi connectivity index (χ3n) is 3.94. The highest BCUT2D eigenvalue weighted by Gasteiger charge is 2.41. The maximum Gasteiger partial charge on any atom is 0.272 e. The molecule has 0 amide bonds. The number of Topliss-reactive ketones (excluding diaryl/α,β-unsaturated/α-hetero) is 2. The number of aliphatic hydroxyl groups is 1. The van der Waals surface area contributed by atoms with Gasteiger partial charge in [-0.25, -0.2) is 0 Å². The van der Waals surface area contributed by atoms with Crippen LogP contribution in [0.1, 0.15) is 47.0 Å². The number of phenolic OH excluding ortho intramolecular Hbond substituents is 2. The van der Waals surface area contributed by atoms with Crippen molar-refractivity contribution in [2.45, 2.75) is 20.0 Å². The molecule has 0 saturated heterocycles. The van der Waals surface area contributed by atoms with Crippen LogP contribution in [0.4, 0.5) is 0 Å². The Morgan fingerprint density at radius 1 is 1.09 bits per heavy atom. The monoisotopic (exact) mass is 318 g/mol. The summed E-state index contributed by atoms with van der Waals surface area (Å²) in [5.74, 6) is -3.84. The molecule has 1 aliphatic heterocycles. The van der Waals surface area contributed by atoms with E-state index in [1.54, 1.807) is 13.8 Å². The number of allylic oxidation sites excluding steroid dienone is 2. The molecule has 7 heteroatoms. The number of phenols is 2. The van der Waals surface area contributed by atoms with E-state index < -0.39 is 46.3 Å². The van der Waals surface area contributed by atoms with E-state index in [-0.39, 0.29) is 16.7 Å². The van der Waals surface area contributed by atoms with E-state index in [0.29, 0.717) is 5.76 Å². The van der Waals surface area contributed by atoms with Crippen molar-refractivity contribution in [3.05, 3.63) is 33.8 Å². The smallest absolute Gasteiger partial charge is 0.272 e. The second-order valence-electron chi connectivity index (χ2n) is 5.33. The van der Waals surface area contributed by atoms with Crippen LogP contribution in [0.15, 0.2) is 11.5 Å². The molecule has 0 radical (unpaired) electrons. The maximum atomic E-state index is 12.3. The summed E-state index contributed by atoms with van der Waals surface area (Å²) in [6.07, 6.45) is 0.842. The summed E-state index contributed by atoms with van der Waals surface area (Å²) in [5, 5.41) is 31.2. The van der Waals surface area contributed by atoms with Gasteiger partial charge in [0.25, 0.3) is 5.78 Å². The Kier molecular flexibility index (Phi) is 3.10. The summed E-state index contributed by atoms with van der Waals surface area (Å²) in [7, 11) is 1.12. The standard InChI is InChI=1S/C16H14O7/c1-5-4-7-8(6(2)23-5)12(18)10-9(11(7)17)14(20)16(22-3)15(21)13(10)19/h4,6,17-18,20H,1-3H3/t6-/m1/s1. The molecule has 1 aromatic carbocycles. The minimum absolute atomic E-state index is 0.182. The number of carbonyl (C=O) groups excluding carboxylic acids is 2. The van der Waals surface area contributed by atoms with Crippen LogP contribution in [0, 0.1) is 0 Å². The Balaban J connectivity index is 2.47. The molecule has 0 bridgehead atoms. The number of fused-ring (bicyclic) bond motifs is 2. The first-order valence-corrected chi connectivity index (χ1v) is 6.82. The molecule has 1 atom stereocenters. The molecule has 7 nitrogen and oxygen atoms in total. The van der Waals surface area contributed by atoms with Crippen LogP contribution in [0.3, 0.4) is 0 Å². The zero-order valence-electron chi connectivity index (χ0n) is 12.6. The molecule has 1 aromatic rings. The summed E-state index contributed by atoms with van der Waals surface area (Å²) in [6.45, 7) is 3.30. The Labute approximate surface area is 131 Å². The maximum absolute atomic E-state index is 12.3. The van der Waals surface area contributed by atoms with Crippen molar-refractivity contribution in [2.75, 3.05) is 7.11 Å². The molecule has 0 saturated carbocycles. The first kappa shape index (κ1) is 15.0. The summed E-state index contributed by atoms with van der Waals surface area (Å²) >= 11 is 0. The fourth-order valence-electron chi connectivity index (χ4n) is 2.97. The number of carbonyl (C=O) groups is 2. The lowest BCUT2D eigenvalue weighted by atomic mass is 9.84. The highest BCUT2D eigenvalue weighted by atomic mass is 16.5. The molecule has 0 spiro atoms. The summed E-state index contributed by atoms with van der Waals surface area (Å²) in [4.78, 5) is 24.2. The molecule has 0 fully saturated rings. The van der Waals surface area contributed by atoms with Crippen molar-refractivity contribution < 1.29 is 34.4 Å². The van der Waals surface area contributed by atoms with Crippen LogP contribution >= 0.6 is 0 Å². The van der Waals surface area contributed by atoms with E-state index in [0.717, 1.165) is 7.11 Å². The van der Waals surface area contributed by atoms with Gasteiger partial charge in [-0.1, -0.05) is 0 Å². The SMILES string of the molecule is COC1=C(O)c2c(O)c3c(c(O)c2C(=O)C1=O)[C@@H](C)OC(C)=C3. The molecule has 3 N–H and O–H groups in total. The first-order chi connectivity index (χ1) is 10.8. The number of rotatable bonds is 1. The second-order valence-corrected chi connectivity index (χ2v) is 5.33. The summed E-state index contributed by atoms with van der Waals surface area (Å²) < 4.78 is 10.2. The van der Waals surface area contributed by atoms with E-state index in [9.17, 15) is 24.9 Å². The van der Waals surface area contributed by atoms with Crippen LogP contribution in [0.25, 0.3) is 11.8 Å². The van der Waals surface area contributed by atoms with Crippen molar-refractivity contribution >= 4 is 23.4 Å². The van der Waals surface area contributed by atoms with Gasteiger partial charge in [-0.2, -0.15) is 0 Å². The Morgan fingerprint density at radius 3 is 2.35 bits per heavy atom. The number of hydrogen-bond acceptors (Lipinski definition) is 7. The Bertz CT molecular complexity index is 830. The number of methoxy groups -OCH3 is 1. The molecule has 1 heterocycles. The van der Waals surface area contributed by atoms with Crippen molar-refractivity contribution in [3.63, 3.8) is 0 Å². The van der Waals surface area contributed by atoms with Gasteiger partial charge in [-0.05, 0) is 19.9 Å². The summed E-state index contributed by atoms with van der Waals surface area (Å²) in [5.41, 5.74) is -0.364. The van der Waals surface area contributed by atoms with Gasteiger partial charge in [0.2, 0.25) is 11.5 Å². The lowest BCUT2D eigenvalue weighted by molar-refractivity contribution is -0.114. The van der Waals surface area contributed by atoms with E-state index >= 15 is 0 Å². The van der Waals surface area contributed by atoms with E-state index in [1.165, 1.54) is 6.08 Å². The predicted molar refractivity (Wildman–Crippen MR) is 78.8 cm³/mol. The largest absolute Gasteiger partial charge is 0.507 e. The Hall–Kier alpha value is -2.96. The van der Waals surface area contributed by atoms with Crippen molar-refractivity contribution in [3.8, 4) is 11.5 Å². The molecule has 2 aliphatic rings. The van der Waals surface area contributed by atoms with Gasteiger partial charge in [-0.15, -0.1) is 0 Å². The number of hydrogen-bond donors (Lipinski definition) is 3. The lowest BCUT2D eigenvalue weighted by Gasteiger charge is -2.28. The van der Waals surface area contributed by atoms with Crippen LogP contribution in [-0.2, 0) is 14.3 Å². The molecular weight excluding hydrogens is 304 g/mol. The topological polar surface area (TPSA) is 113 Å². The van der Waals surface area contributed by atoms with Gasteiger partial charge < -0.3 is 24.8 Å². The second kappa shape index (κ2) is 4.77. The molecule has 0 aromatic heterocycles. The first-order valence-electron chi connectivity index (χ1n) is 6.82. The third kappa shape index (κ3) is 1.82. The van der Waals surface area contributed by atoms with Gasteiger partial charge >= 0.3 is 0 Å². The van der Waals surface area contributed by atoms with Crippen LogP contribution < -0.4 is 0 Å². The van der Waals surface area contributed by atoms with Crippen molar-refractivity contribution in [1.82, 2.24) is 0 Å². The zero-order valence-corrected chi connectivity index (χ0v) is 12.6. The number of ketones is 2. The van der Waals surface area contributed by atoms with Crippen molar-refractivity contribution in [1.29, 1.82) is 0 Å². The van der Waals surface area contributed by atoms with Crippen LogP contribution in [0.2, 0.25) is 0 Å². The van der Waals surface area contributed by atoms with Crippen molar-refractivity contribution in [2.24, 2.45) is 0 Å². The highest BCUT2D eigenvalue weighted by molar-refractivity contribution is 6.52. The Morgan fingerprint density at radius 2 is 1.74 bits per heavy atom. The van der Waals surface area contributed by atoms with E-state index in [4.69, 9.17) is 9.47 Å². The van der Waals surface area contributed by atoms with Gasteiger partial charge in [-0.3, -0.25) is 9.59 Å². The van der Waals surface area contributed by atoms with Gasteiger partial charge in [0.1, 0.15) is 17.6 Å².